The standard InChI is InChI=1S/C23H18ClNO4Se/c26-24(27,28)29-30-22-14-8-7-13-21(22)19(15-16-25-20-11-5-2-6-12-20)17-23(30)18-9-3-1-4-10-18/h1-17,25H/b16-15+. The van der Waals surface area contributed by atoms with Gasteiger partial charge in [-0.05, 0) is 0 Å². The van der Waals surface area contributed by atoms with E-state index in [9.17, 15) is 14.0 Å². The molecule has 0 radical (unpaired) electrons. The van der Waals surface area contributed by atoms with Gasteiger partial charge in [-0.2, -0.15) is 0 Å². The number of allylic oxidation sites excluding steroid dienone is 3. The molecule has 1 heterocycles. The van der Waals surface area contributed by atoms with Gasteiger partial charge in [0.15, 0.2) is 0 Å². The molecule has 1 aliphatic rings. The van der Waals surface area contributed by atoms with Gasteiger partial charge >= 0.3 is 181 Å². The Hall–Kier alpha value is -2.54. The fraction of sp³-hybridized carbons (Fsp3) is 0. The van der Waals surface area contributed by atoms with Crippen molar-refractivity contribution in [1.29, 1.82) is 0 Å². The second-order valence-corrected chi connectivity index (χ2v) is 11.0. The number of rotatable bonds is 6. The summed E-state index contributed by atoms with van der Waals surface area (Å²) in [5, 5.41) is 3.23. The predicted octanol–water partition coefficient (Wildman–Crippen LogP) is 0.624. The number of hydrogen-bond acceptors (Lipinski definition) is 5. The van der Waals surface area contributed by atoms with Gasteiger partial charge in [-0.15, -0.1) is 0 Å². The third-order valence-electron chi connectivity index (χ3n) is 4.37. The average molecular weight is 487 g/mol. The summed E-state index contributed by atoms with van der Waals surface area (Å²) in [6, 6.07) is 26.6. The van der Waals surface area contributed by atoms with Crippen molar-refractivity contribution in [1.82, 2.24) is 0 Å². The van der Waals surface area contributed by atoms with Crippen LogP contribution in [0, 0.1) is 10.2 Å². The van der Waals surface area contributed by atoms with E-state index in [-0.39, 0.29) is 0 Å². The van der Waals surface area contributed by atoms with Crippen molar-refractivity contribution in [2.75, 3.05) is 5.32 Å². The van der Waals surface area contributed by atoms with Crippen molar-refractivity contribution < 1.29 is 27.6 Å². The summed E-state index contributed by atoms with van der Waals surface area (Å²) >= 11 is -2.58. The number of nitrogens with one attached hydrogen (secondary N) is 1. The number of para-hydroxylation sites is 1. The molecule has 7 heteroatoms. The number of hydrogen-bond donors (Lipinski definition) is 1. The Morgan fingerprint density at radius 2 is 1.43 bits per heavy atom. The molecule has 3 aromatic rings. The van der Waals surface area contributed by atoms with Crippen LogP contribution in [0.3, 0.4) is 0 Å². The Kier molecular flexibility index (Phi) is 6.27. The molecule has 1 aliphatic heterocycles. The topological polar surface area (TPSA) is 90.4 Å². The van der Waals surface area contributed by atoms with Crippen LogP contribution >= 0.6 is 0 Å². The molecule has 0 saturated heterocycles. The van der Waals surface area contributed by atoms with Gasteiger partial charge in [-0.25, -0.2) is 0 Å². The first-order chi connectivity index (χ1) is 14.5. The first kappa shape index (κ1) is 20.7. The van der Waals surface area contributed by atoms with Gasteiger partial charge in [0.05, 0.1) is 0 Å². The maximum atomic E-state index is 11.5. The van der Waals surface area contributed by atoms with E-state index in [0.29, 0.717) is 0 Å². The van der Waals surface area contributed by atoms with E-state index >= 15 is 0 Å². The van der Waals surface area contributed by atoms with Gasteiger partial charge < -0.3 is 0 Å². The quantitative estimate of drug-likeness (QED) is 0.516. The summed E-state index contributed by atoms with van der Waals surface area (Å²) in [6.45, 7) is 0. The molecule has 1 atom stereocenters. The molecule has 152 valence electrons. The van der Waals surface area contributed by atoms with Crippen LogP contribution in [-0.4, -0.2) is 18.2 Å². The zero-order chi connectivity index (χ0) is 21.0. The van der Waals surface area contributed by atoms with Crippen molar-refractivity contribution in [2.45, 2.75) is 0 Å². The van der Waals surface area contributed by atoms with E-state index in [1.54, 1.807) is 0 Å². The normalized spacial score (nSPS) is 16.3. The second kappa shape index (κ2) is 9.08. The molecule has 30 heavy (non-hydrogen) atoms. The van der Waals surface area contributed by atoms with Crippen molar-refractivity contribution in [3.8, 4) is 0 Å². The van der Waals surface area contributed by atoms with Crippen LogP contribution in [0.5, 0.6) is 0 Å². The van der Waals surface area contributed by atoms with E-state index in [2.05, 4.69) is 5.32 Å². The molecule has 4 rings (SSSR count). The first-order valence-electron chi connectivity index (χ1n) is 9.08. The minimum absolute atomic E-state index is 0.723. The summed E-state index contributed by atoms with van der Waals surface area (Å²) in [6.07, 6.45) is 5.68. The SMILES string of the molecule is [O-][Cl+3]([O-])([O-])O[Se]1=C(c2ccccc2)C=C(/C=C/Nc2ccccc2)c2ccccc21. The molecule has 0 aliphatic carbocycles. The van der Waals surface area contributed by atoms with E-state index in [4.69, 9.17) is 3.37 Å². The number of anilines is 1. The zero-order valence-electron chi connectivity index (χ0n) is 15.7. The summed E-state index contributed by atoms with van der Waals surface area (Å²) in [7, 11) is -4.55. The first-order valence-corrected chi connectivity index (χ1v) is 12.7. The van der Waals surface area contributed by atoms with Crippen molar-refractivity contribution in [2.24, 2.45) is 0 Å². The summed E-state index contributed by atoms with van der Waals surface area (Å²) in [5.41, 5.74) is 3.54. The Labute approximate surface area is 181 Å². The molecular weight excluding hydrogens is 469 g/mol. The average Bonchev–Trinajstić information content (AvgIpc) is 2.75. The summed E-state index contributed by atoms with van der Waals surface area (Å²) in [4.78, 5) is 0. The second-order valence-electron chi connectivity index (χ2n) is 6.38. The van der Waals surface area contributed by atoms with Crippen molar-refractivity contribution >= 4 is 33.9 Å². The molecule has 0 amide bonds. The summed E-state index contributed by atoms with van der Waals surface area (Å²) in [5.74, 6) is 0. The van der Waals surface area contributed by atoms with Crippen LogP contribution in [0.15, 0.2) is 103 Å². The predicted molar refractivity (Wildman–Crippen MR) is 111 cm³/mol. The van der Waals surface area contributed by atoms with Gasteiger partial charge in [0.25, 0.3) is 0 Å². The Morgan fingerprint density at radius 1 is 0.800 bits per heavy atom. The van der Waals surface area contributed by atoms with E-state index in [0.717, 1.165) is 31.3 Å². The molecule has 1 N–H and O–H groups in total. The fourth-order valence-corrected chi connectivity index (χ4v) is 8.17. The number of halogens is 1. The van der Waals surface area contributed by atoms with Crippen LogP contribution in [-0.2, 0) is 3.37 Å². The molecule has 0 fully saturated rings. The molecule has 0 spiro atoms. The molecule has 0 saturated carbocycles. The fourth-order valence-electron chi connectivity index (χ4n) is 3.10. The molecule has 3 aromatic carbocycles. The van der Waals surface area contributed by atoms with Gasteiger partial charge in [-0.3, -0.25) is 0 Å². The molecule has 1 unspecified atom stereocenters. The Bertz CT molecular complexity index is 1120. The van der Waals surface area contributed by atoms with Crippen LogP contribution in [0.4, 0.5) is 5.69 Å². The maximum absolute atomic E-state index is 11.5. The number of fused-ring (bicyclic) bond motifs is 1. The Balaban J connectivity index is 1.80. The van der Waals surface area contributed by atoms with Gasteiger partial charge in [0.1, 0.15) is 0 Å². The van der Waals surface area contributed by atoms with Crippen LogP contribution in [0.2, 0.25) is 0 Å². The third-order valence-corrected chi connectivity index (χ3v) is 9.58. The Morgan fingerprint density at radius 3 is 2.13 bits per heavy atom. The van der Waals surface area contributed by atoms with Gasteiger partial charge in [-0.1, -0.05) is 0 Å². The van der Waals surface area contributed by atoms with Crippen LogP contribution in [0.25, 0.3) is 5.57 Å². The van der Waals surface area contributed by atoms with Gasteiger partial charge in [0, 0.05) is 0 Å². The van der Waals surface area contributed by atoms with Crippen LogP contribution < -0.4 is 23.8 Å². The van der Waals surface area contributed by atoms with E-state index < -0.39 is 24.0 Å². The molecule has 0 bridgehead atoms. The molecule has 5 nitrogen and oxygen atoms in total. The summed E-state index contributed by atoms with van der Waals surface area (Å²) < 4.78 is 40.9. The van der Waals surface area contributed by atoms with E-state index in [1.165, 1.54) is 0 Å². The zero-order valence-corrected chi connectivity index (χ0v) is 18.2. The van der Waals surface area contributed by atoms with Crippen LogP contribution in [0.1, 0.15) is 11.1 Å². The minimum atomic E-state index is -4.55. The monoisotopic (exact) mass is 487 g/mol. The number of benzene rings is 3. The van der Waals surface area contributed by atoms with Crippen molar-refractivity contribution in [3.05, 3.63) is 114 Å². The molecule has 0 aromatic heterocycles. The molecular formula is C23H18ClNO4Se. The van der Waals surface area contributed by atoms with Crippen molar-refractivity contribution in [3.63, 3.8) is 0 Å². The third kappa shape index (κ3) is 4.95. The van der Waals surface area contributed by atoms with Gasteiger partial charge in [0.2, 0.25) is 0 Å². The van der Waals surface area contributed by atoms with E-state index in [1.807, 2.05) is 103 Å².